The van der Waals surface area contributed by atoms with Crippen LogP contribution in [0.25, 0.3) is 0 Å². The van der Waals surface area contributed by atoms with Crippen molar-refractivity contribution in [2.45, 2.75) is 32.2 Å². The molecule has 2 heterocycles. The minimum absolute atomic E-state index is 0.234. The van der Waals surface area contributed by atoms with E-state index in [9.17, 15) is 4.79 Å². The molecule has 1 atom stereocenters. The van der Waals surface area contributed by atoms with Gasteiger partial charge in [-0.15, -0.1) is 11.3 Å². The minimum Gasteiger partial charge on any atom is -0.377 e. The zero-order valence-corrected chi connectivity index (χ0v) is 13.0. The number of anilines is 2. The first-order chi connectivity index (χ1) is 10.3. The molecule has 0 radical (unpaired) electrons. The Morgan fingerprint density at radius 1 is 1.33 bits per heavy atom. The lowest BCUT2D eigenvalue weighted by Gasteiger charge is -2.20. The highest BCUT2D eigenvalue weighted by atomic mass is 32.1. The van der Waals surface area contributed by atoms with Crippen LogP contribution < -0.4 is 10.2 Å². The summed E-state index contributed by atoms with van der Waals surface area (Å²) >= 11 is 1.78. The van der Waals surface area contributed by atoms with Gasteiger partial charge >= 0.3 is 0 Å². The number of benzene rings is 1. The highest BCUT2D eigenvalue weighted by molar-refractivity contribution is 7.10. The number of hydrogen-bond donors (Lipinski definition) is 1. The molecule has 1 amide bonds. The van der Waals surface area contributed by atoms with Gasteiger partial charge < -0.3 is 10.2 Å². The van der Waals surface area contributed by atoms with Crippen molar-refractivity contribution in [3.63, 3.8) is 0 Å². The lowest BCUT2D eigenvalue weighted by molar-refractivity contribution is -0.117. The van der Waals surface area contributed by atoms with Crippen molar-refractivity contribution >= 4 is 28.6 Å². The molecule has 1 unspecified atom stereocenters. The maximum Gasteiger partial charge on any atom is 0.227 e. The predicted octanol–water partition coefficient (Wildman–Crippen LogP) is 4.44. The first kappa shape index (κ1) is 14.1. The molecule has 1 aliphatic heterocycles. The maximum absolute atomic E-state index is 11.9. The summed E-state index contributed by atoms with van der Waals surface area (Å²) in [5.41, 5.74) is 2.08. The van der Waals surface area contributed by atoms with Gasteiger partial charge in [-0.25, -0.2) is 0 Å². The van der Waals surface area contributed by atoms with E-state index < -0.39 is 0 Å². The monoisotopic (exact) mass is 300 g/mol. The summed E-state index contributed by atoms with van der Waals surface area (Å²) in [5, 5.41) is 5.69. The number of nitrogens with zero attached hydrogens (tertiary/aromatic N) is 1. The number of carbonyl (C=O) groups excluding carboxylic acids is 1. The zero-order valence-electron chi connectivity index (χ0n) is 12.2. The van der Waals surface area contributed by atoms with Gasteiger partial charge in [0, 0.05) is 29.2 Å². The second kappa shape index (κ2) is 6.31. The van der Waals surface area contributed by atoms with Crippen LogP contribution in [0.2, 0.25) is 0 Å². The van der Waals surface area contributed by atoms with E-state index in [1.807, 2.05) is 17.0 Å². The normalized spacial score (nSPS) is 16.2. The van der Waals surface area contributed by atoms with Gasteiger partial charge in [0.2, 0.25) is 5.91 Å². The average molecular weight is 300 g/mol. The molecule has 1 fully saturated rings. The van der Waals surface area contributed by atoms with Crippen LogP contribution in [0, 0.1) is 0 Å². The fourth-order valence-corrected chi connectivity index (χ4v) is 3.61. The van der Waals surface area contributed by atoms with Gasteiger partial charge in [-0.3, -0.25) is 4.79 Å². The van der Waals surface area contributed by atoms with E-state index in [0.717, 1.165) is 30.8 Å². The van der Waals surface area contributed by atoms with E-state index in [1.165, 1.54) is 4.88 Å². The third-order valence-electron chi connectivity index (χ3n) is 3.87. The Bertz CT molecular complexity index is 609. The molecule has 0 saturated carbocycles. The summed E-state index contributed by atoms with van der Waals surface area (Å²) in [6.45, 7) is 3.02. The first-order valence-corrected chi connectivity index (χ1v) is 8.36. The molecule has 3 nitrogen and oxygen atoms in total. The molecule has 0 spiro atoms. The van der Waals surface area contributed by atoms with Crippen LogP contribution in [0.15, 0.2) is 41.8 Å². The standard InChI is InChI=1S/C17H20N2OS/c1-2-15(16-8-5-11-21-16)18-13-6-3-7-14(12-13)19-10-4-9-17(19)20/h3,5-8,11-12,15,18H,2,4,9-10H2,1H3. The number of amides is 1. The van der Waals surface area contributed by atoms with E-state index >= 15 is 0 Å². The Morgan fingerprint density at radius 2 is 2.24 bits per heavy atom. The van der Waals surface area contributed by atoms with Crippen LogP contribution in [0.1, 0.15) is 37.1 Å². The first-order valence-electron chi connectivity index (χ1n) is 7.48. The molecule has 3 rings (SSSR count). The number of rotatable bonds is 5. The van der Waals surface area contributed by atoms with E-state index in [4.69, 9.17) is 0 Å². The van der Waals surface area contributed by atoms with Crippen molar-refractivity contribution < 1.29 is 4.79 Å². The molecule has 110 valence electrons. The summed E-state index contributed by atoms with van der Waals surface area (Å²) in [4.78, 5) is 15.1. The fraction of sp³-hybridized carbons (Fsp3) is 0.353. The number of hydrogen-bond acceptors (Lipinski definition) is 3. The molecule has 1 saturated heterocycles. The summed E-state index contributed by atoms with van der Waals surface area (Å²) in [7, 11) is 0. The molecule has 4 heteroatoms. The predicted molar refractivity (Wildman–Crippen MR) is 89.0 cm³/mol. The molecular weight excluding hydrogens is 280 g/mol. The lowest BCUT2D eigenvalue weighted by Crippen LogP contribution is -2.23. The van der Waals surface area contributed by atoms with Crippen LogP contribution >= 0.6 is 11.3 Å². The van der Waals surface area contributed by atoms with Crippen LogP contribution in [0.3, 0.4) is 0 Å². The zero-order chi connectivity index (χ0) is 14.7. The average Bonchev–Trinajstić information content (AvgIpc) is 3.16. The molecule has 1 aliphatic rings. The molecule has 1 N–H and O–H groups in total. The van der Waals surface area contributed by atoms with Crippen molar-refractivity contribution in [3.8, 4) is 0 Å². The van der Waals surface area contributed by atoms with E-state index in [1.54, 1.807) is 11.3 Å². The minimum atomic E-state index is 0.234. The highest BCUT2D eigenvalue weighted by Gasteiger charge is 2.21. The summed E-state index contributed by atoms with van der Waals surface area (Å²) < 4.78 is 0. The van der Waals surface area contributed by atoms with Gasteiger partial charge in [0.1, 0.15) is 0 Å². The van der Waals surface area contributed by atoms with Crippen LogP contribution in [0.4, 0.5) is 11.4 Å². The van der Waals surface area contributed by atoms with Crippen LogP contribution in [-0.4, -0.2) is 12.5 Å². The Labute approximate surface area is 129 Å². The molecule has 0 aliphatic carbocycles. The third kappa shape index (κ3) is 3.10. The fourth-order valence-electron chi connectivity index (χ4n) is 2.75. The van der Waals surface area contributed by atoms with Gasteiger partial charge in [-0.05, 0) is 42.5 Å². The third-order valence-corrected chi connectivity index (χ3v) is 4.85. The quantitative estimate of drug-likeness (QED) is 0.885. The van der Waals surface area contributed by atoms with Crippen molar-refractivity contribution in [2.24, 2.45) is 0 Å². The van der Waals surface area contributed by atoms with Crippen LogP contribution in [-0.2, 0) is 4.79 Å². The molecule has 1 aromatic carbocycles. The number of nitrogens with one attached hydrogen (secondary N) is 1. The topological polar surface area (TPSA) is 32.3 Å². The molecule has 21 heavy (non-hydrogen) atoms. The summed E-state index contributed by atoms with van der Waals surface area (Å²) in [6, 6.07) is 12.8. The van der Waals surface area contributed by atoms with E-state index in [0.29, 0.717) is 12.5 Å². The van der Waals surface area contributed by atoms with Gasteiger partial charge in [0.05, 0.1) is 6.04 Å². The van der Waals surface area contributed by atoms with Crippen LogP contribution in [0.5, 0.6) is 0 Å². The molecule has 2 aromatic rings. The van der Waals surface area contributed by atoms with Crippen molar-refractivity contribution in [1.82, 2.24) is 0 Å². The van der Waals surface area contributed by atoms with Crippen molar-refractivity contribution in [3.05, 3.63) is 46.7 Å². The second-order valence-corrected chi connectivity index (χ2v) is 6.30. The van der Waals surface area contributed by atoms with Gasteiger partial charge in [-0.2, -0.15) is 0 Å². The molecule has 1 aromatic heterocycles. The summed E-state index contributed by atoms with van der Waals surface area (Å²) in [5.74, 6) is 0.234. The Morgan fingerprint density at radius 3 is 2.90 bits per heavy atom. The Balaban J connectivity index is 1.78. The van der Waals surface area contributed by atoms with Crippen molar-refractivity contribution in [1.29, 1.82) is 0 Å². The molecule has 0 bridgehead atoms. The van der Waals surface area contributed by atoms with E-state index in [-0.39, 0.29) is 5.91 Å². The van der Waals surface area contributed by atoms with Gasteiger partial charge in [0.25, 0.3) is 0 Å². The summed E-state index contributed by atoms with van der Waals surface area (Å²) in [6.07, 6.45) is 2.67. The lowest BCUT2D eigenvalue weighted by atomic mass is 10.1. The van der Waals surface area contributed by atoms with Gasteiger partial charge in [0.15, 0.2) is 0 Å². The second-order valence-electron chi connectivity index (χ2n) is 5.32. The maximum atomic E-state index is 11.9. The smallest absolute Gasteiger partial charge is 0.227 e. The van der Waals surface area contributed by atoms with Crippen molar-refractivity contribution in [2.75, 3.05) is 16.8 Å². The SMILES string of the molecule is CCC(Nc1cccc(N2CCCC2=O)c1)c1cccs1. The molecular formula is C17H20N2OS. The highest BCUT2D eigenvalue weighted by Crippen LogP contribution is 2.29. The Hall–Kier alpha value is -1.81. The van der Waals surface area contributed by atoms with E-state index in [2.05, 4.69) is 41.9 Å². The largest absolute Gasteiger partial charge is 0.377 e. The number of thiophene rings is 1. The van der Waals surface area contributed by atoms with Gasteiger partial charge in [-0.1, -0.05) is 19.1 Å². The number of carbonyl (C=O) groups is 1. The Kier molecular flexibility index (Phi) is 4.25.